The van der Waals surface area contributed by atoms with Crippen LogP contribution in [0.1, 0.15) is 22.3 Å². The second kappa shape index (κ2) is 6.51. The molecular weight excluding hydrogens is 256 g/mol. The number of ether oxygens (including phenoxy) is 1. The Bertz CT molecular complexity index is 524. The summed E-state index contributed by atoms with van der Waals surface area (Å²) in [5.41, 5.74) is 1.37. The molecule has 0 radical (unpaired) electrons. The Labute approximate surface area is 118 Å². The molecule has 1 saturated heterocycles. The summed E-state index contributed by atoms with van der Waals surface area (Å²) >= 11 is 0. The second-order valence-corrected chi connectivity index (χ2v) is 4.92. The molecule has 20 heavy (non-hydrogen) atoms. The third kappa shape index (κ3) is 2.98. The molecule has 2 atom stereocenters. The van der Waals surface area contributed by atoms with Crippen LogP contribution in [-0.4, -0.2) is 48.3 Å². The molecule has 0 bridgehead atoms. The summed E-state index contributed by atoms with van der Waals surface area (Å²) < 4.78 is 5.27. The number of methoxy groups -OCH3 is 1. The molecule has 0 aromatic heterocycles. The number of hydrogen-bond donors (Lipinski definition) is 1. The fourth-order valence-electron chi connectivity index (χ4n) is 2.54. The van der Waals surface area contributed by atoms with Crippen LogP contribution in [0.4, 0.5) is 0 Å². The van der Waals surface area contributed by atoms with Gasteiger partial charge in [-0.15, -0.1) is 0 Å². The molecule has 0 saturated carbocycles. The molecule has 2 rings (SSSR count). The highest BCUT2D eigenvalue weighted by atomic mass is 16.5. The van der Waals surface area contributed by atoms with Crippen LogP contribution in [0.5, 0.6) is 0 Å². The van der Waals surface area contributed by atoms with Crippen LogP contribution in [-0.2, 0) is 11.2 Å². The number of hydrogen-bond acceptors (Lipinski definition) is 4. The Morgan fingerprint density at radius 3 is 3.05 bits per heavy atom. The number of likely N-dealkylation sites (tertiary alicyclic amines) is 1. The molecule has 1 aromatic rings. The number of nitrogens with zero attached hydrogens (tertiary/aromatic N) is 2. The lowest BCUT2D eigenvalue weighted by atomic mass is 10.1. The van der Waals surface area contributed by atoms with Crippen molar-refractivity contribution in [2.45, 2.75) is 25.0 Å². The fourth-order valence-corrected chi connectivity index (χ4v) is 2.54. The molecule has 1 heterocycles. The van der Waals surface area contributed by atoms with Gasteiger partial charge in [-0.1, -0.05) is 12.1 Å². The normalized spacial score (nSPS) is 21.8. The predicted molar refractivity (Wildman–Crippen MR) is 73.1 cm³/mol. The first-order valence-corrected chi connectivity index (χ1v) is 6.60. The zero-order valence-corrected chi connectivity index (χ0v) is 11.5. The topological polar surface area (TPSA) is 73.6 Å². The van der Waals surface area contributed by atoms with E-state index in [0.29, 0.717) is 18.5 Å². The van der Waals surface area contributed by atoms with Crippen molar-refractivity contribution in [3.05, 3.63) is 35.4 Å². The maximum Gasteiger partial charge on any atom is 0.254 e. The molecule has 5 heteroatoms. The lowest BCUT2D eigenvalue weighted by Crippen LogP contribution is -2.38. The van der Waals surface area contributed by atoms with Crippen LogP contribution in [0.25, 0.3) is 0 Å². The van der Waals surface area contributed by atoms with E-state index < -0.39 is 0 Å². The number of amides is 1. The Hall–Kier alpha value is -1.90. The molecule has 5 nitrogen and oxygen atoms in total. The van der Waals surface area contributed by atoms with E-state index in [-0.39, 0.29) is 31.1 Å². The number of carbonyl (C=O) groups excluding carboxylic acids is 1. The van der Waals surface area contributed by atoms with Crippen LogP contribution >= 0.6 is 0 Å². The Morgan fingerprint density at radius 1 is 1.60 bits per heavy atom. The van der Waals surface area contributed by atoms with Crippen molar-refractivity contribution < 1.29 is 14.6 Å². The number of aliphatic hydroxyl groups is 1. The number of carbonyl (C=O) groups is 1. The van der Waals surface area contributed by atoms with E-state index in [4.69, 9.17) is 10.00 Å². The van der Waals surface area contributed by atoms with Crippen molar-refractivity contribution >= 4 is 5.91 Å². The smallest absolute Gasteiger partial charge is 0.254 e. The lowest BCUT2D eigenvalue weighted by molar-refractivity contribution is 0.0648. The van der Waals surface area contributed by atoms with Crippen LogP contribution < -0.4 is 0 Å². The van der Waals surface area contributed by atoms with E-state index >= 15 is 0 Å². The number of nitriles is 1. The molecule has 106 valence electrons. The molecule has 1 N–H and O–H groups in total. The van der Waals surface area contributed by atoms with E-state index in [1.165, 1.54) is 0 Å². The number of rotatable bonds is 4. The summed E-state index contributed by atoms with van der Waals surface area (Å²) in [6, 6.07) is 8.94. The molecular formula is C15H18N2O3. The minimum Gasteiger partial charge on any atom is -0.394 e. The van der Waals surface area contributed by atoms with Gasteiger partial charge in [-0.05, 0) is 24.1 Å². The van der Waals surface area contributed by atoms with Gasteiger partial charge in [0, 0.05) is 19.2 Å². The van der Waals surface area contributed by atoms with Gasteiger partial charge in [-0.25, -0.2) is 0 Å². The molecule has 1 amide bonds. The third-order valence-corrected chi connectivity index (χ3v) is 3.64. The maximum absolute atomic E-state index is 12.5. The zero-order valence-electron chi connectivity index (χ0n) is 11.5. The van der Waals surface area contributed by atoms with Crippen molar-refractivity contribution in [3.8, 4) is 6.07 Å². The van der Waals surface area contributed by atoms with Gasteiger partial charge in [0.2, 0.25) is 0 Å². The Kier molecular flexibility index (Phi) is 4.72. The van der Waals surface area contributed by atoms with Gasteiger partial charge in [0.15, 0.2) is 0 Å². The molecule has 1 aliphatic rings. The van der Waals surface area contributed by atoms with Crippen molar-refractivity contribution in [3.63, 3.8) is 0 Å². The first-order chi connectivity index (χ1) is 9.69. The first kappa shape index (κ1) is 14.5. The van der Waals surface area contributed by atoms with Gasteiger partial charge >= 0.3 is 0 Å². The maximum atomic E-state index is 12.5. The predicted octanol–water partition coefficient (Wildman–Crippen LogP) is 0.974. The second-order valence-electron chi connectivity index (χ2n) is 4.92. The van der Waals surface area contributed by atoms with Gasteiger partial charge < -0.3 is 14.7 Å². The van der Waals surface area contributed by atoms with Gasteiger partial charge in [0.25, 0.3) is 5.91 Å². The number of benzene rings is 1. The highest BCUT2D eigenvalue weighted by Gasteiger charge is 2.35. The SMILES string of the molecule is CO[C@H]1C[C@@H](CO)N(C(=O)c2cccc(CC#N)c2)C1. The van der Waals surface area contributed by atoms with Crippen LogP contribution in [0, 0.1) is 11.3 Å². The van der Waals surface area contributed by atoms with Gasteiger partial charge in [-0.3, -0.25) is 4.79 Å². The zero-order chi connectivity index (χ0) is 14.5. The van der Waals surface area contributed by atoms with Gasteiger partial charge in [-0.2, -0.15) is 5.26 Å². The molecule has 1 aliphatic heterocycles. The van der Waals surface area contributed by atoms with Crippen LogP contribution in [0.2, 0.25) is 0 Å². The average Bonchev–Trinajstić information content (AvgIpc) is 2.90. The van der Waals surface area contributed by atoms with Crippen LogP contribution in [0.15, 0.2) is 24.3 Å². The number of aliphatic hydroxyl groups excluding tert-OH is 1. The average molecular weight is 274 g/mol. The van der Waals surface area contributed by atoms with Crippen molar-refractivity contribution in [1.82, 2.24) is 4.90 Å². The molecule has 0 aliphatic carbocycles. The van der Waals surface area contributed by atoms with E-state index in [1.807, 2.05) is 6.07 Å². The van der Waals surface area contributed by atoms with Gasteiger partial charge in [0.1, 0.15) is 0 Å². The Morgan fingerprint density at radius 2 is 2.40 bits per heavy atom. The summed E-state index contributed by atoms with van der Waals surface area (Å²) in [7, 11) is 1.61. The standard InChI is InChI=1S/C15H18N2O3/c1-20-14-8-13(10-18)17(9-14)15(19)12-4-2-3-11(7-12)5-6-16/h2-4,7,13-14,18H,5,8-10H2,1H3/t13-,14-/m0/s1. The fraction of sp³-hybridized carbons (Fsp3) is 0.467. The van der Waals surface area contributed by atoms with E-state index in [2.05, 4.69) is 6.07 Å². The first-order valence-electron chi connectivity index (χ1n) is 6.60. The highest BCUT2D eigenvalue weighted by molar-refractivity contribution is 5.94. The summed E-state index contributed by atoms with van der Waals surface area (Å²) in [5, 5.41) is 18.1. The summed E-state index contributed by atoms with van der Waals surface area (Å²) in [5.74, 6) is -0.122. The largest absolute Gasteiger partial charge is 0.394 e. The summed E-state index contributed by atoms with van der Waals surface area (Å²) in [6.45, 7) is 0.423. The Balaban J connectivity index is 2.18. The molecule has 0 unspecified atom stereocenters. The molecule has 0 spiro atoms. The highest BCUT2D eigenvalue weighted by Crippen LogP contribution is 2.22. The van der Waals surface area contributed by atoms with E-state index in [9.17, 15) is 9.90 Å². The monoisotopic (exact) mass is 274 g/mol. The molecule has 1 fully saturated rings. The van der Waals surface area contributed by atoms with Crippen molar-refractivity contribution in [2.24, 2.45) is 0 Å². The van der Waals surface area contributed by atoms with Crippen LogP contribution in [0.3, 0.4) is 0 Å². The molecule has 1 aromatic carbocycles. The third-order valence-electron chi connectivity index (χ3n) is 3.64. The minimum atomic E-state index is -0.202. The minimum absolute atomic E-state index is 0.0293. The lowest BCUT2D eigenvalue weighted by Gasteiger charge is -2.23. The van der Waals surface area contributed by atoms with E-state index in [1.54, 1.807) is 30.2 Å². The van der Waals surface area contributed by atoms with Crippen molar-refractivity contribution in [1.29, 1.82) is 5.26 Å². The summed E-state index contributed by atoms with van der Waals surface area (Å²) in [6.07, 6.45) is 0.903. The quantitative estimate of drug-likeness (QED) is 0.888. The van der Waals surface area contributed by atoms with E-state index in [0.717, 1.165) is 5.56 Å². The van der Waals surface area contributed by atoms with Crippen molar-refractivity contribution in [2.75, 3.05) is 20.3 Å². The summed E-state index contributed by atoms with van der Waals surface area (Å²) in [4.78, 5) is 14.2. The van der Waals surface area contributed by atoms with Gasteiger partial charge in [0.05, 0.1) is 31.2 Å².